The van der Waals surface area contributed by atoms with Crippen LogP contribution in [0.25, 0.3) is 10.2 Å². The van der Waals surface area contributed by atoms with E-state index < -0.39 is 0 Å². The van der Waals surface area contributed by atoms with Gasteiger partial charge in [-0.05, 0) is 30.3 Å². The second kappa shape index (κ2) is 6.12. The first-order valence-corrected chi connectivity index (χ1v) is 8.22. The van der Waals surface area contributed by atoms with Crippen molar-refractivity contribution in [2.75, 3.05) is 0 Å². The molecule has 5 heteroatoms. The molecule has 0 saturated heterocycles. The van der Waals surface area contributed by atoms with Crippen LogP contribution < -0.4 is 4.74 Å². The highest BCUT2D eigenvalue weighted by Gasteiger charge is 2.07. The molecule has 0 atom stereocenters. The first kappa shape index (κ1) is 13.9. The lowest BCUT2D eigenvalue weighted by Crippen LogP contribution is -1.97. The number of fused-ring (bicyclic) bond motifs is 1. The van der Waals surface area contributed by atoms with Crippen molar-refractivity contribution in [3.8, 4) is 5.75 Å². The van der Waals surface area contributed by atoms with Crippen LogP contribution in [0.1, 0.15) is 10.6 Å². The summed E-state index contributed by atoms with van der Waals surface area (Å²) in [5.41, 5.74) is 1.99. The monoisotopic (exact) mass is 367 g/mol. The summed E-state index contributed by atoms with van der Waals surface area (Å²) in [7, 11) is 0. The number of hydrogen-bond donors (Lipinski definition) is 0. The van der Waals surface area contributed by atoms with Crippen molar-refractivity contribution in [2.45, 2.75) is 12.5 Å². The molecule has 0 fully saturated rings. The molecule has 2 nitrogen and oxygen atoms in total. The third-order valence-electron chi connectivity index (χ3n) is 2.86. The number of nitrogens with zero attached hydrogens (tertiary/aromatic N) is 1. The molecule has 1 heterocycles. The molecule has 0 saturated carbocycles. The van der Waals surface area contributed by atoms with Crippen molar-refractivity contribution >= 4 is 49.1 Å². The standard InChI is InChI=1S/C15H11BrClNOS/c16-11-5-6-13(10(7-11)8-17)19-9-15-18-12-3-1-2-4-14(12)20-15/h1-7H,8-9H2. The second-order valence-electron chi connectivity index (χ2n) is 4.25. The van der Waals surface area contributed by atoms with Gasteiger partial charge in [0, 0.05) is 10.0 Å². The van der Waals surface area contributed by atoms with E-state index in [4.69, 9.17) is 16.3 Å². The number of ether oxygens (including phenoxy) is 1. The molecular formula is C15H11BrClNOS. The van der Waals surface area contributed by atoms with Crippen LogP contribution >= 0.6 is 38.9 Å². The first-order valence-electron chi connectivity index (χ1n) is 6.08. The second-order valence-corrected chi connectivity index (χ2v) is 6.55. The van der Waals surface area contributed by atoms with Gasteiger partial charge in [0.2, 0.25) is 0 Å². The van der Waals surface area contributed by atoms with E-state index in [0.717, 1.165) is 26.3 Å². The molecule has 2 aromatic carbocycles. The third kappa shape index (κ3) is 2.97. The van der Waals surface area contributed by atoms with Crippen molar-refractivity contribution in [1.82, 2.24) is 4.98 Å². The Balaban J connectivity index is 1.79. The molecule has 1 aromatic heterocycles. The number of alkyl halides is 1. The lowest BCUT2D eigenvalue weighted by molar-refractivity contribution is 0.303. The fraction of sp³-hybridized carbons (Fsp3) is 0.133. The molecular weight excluding hydrogens is 358 g/mol. The van der Waals surface area contributed by atoms with E-state index in [-0.39, 0.29) is 0 Å². The maximum atomic E-state index is 5.94. The van der Waals surface area contributed by atoms with Gasteiger partial charge in [0.05, 0.1) is 16.1 Å². The minimum atomic E-state index is 0.425. The van der Waals surface area contributed by atoms with Crippen LogP contribution in [0.4, 0.5) is 0 Å². The fourth-order valence-electron chi connectivity index (χ4n) is 1.91. The smallest absolute Gasteiger partial charge is 0.140 e. The number of hydrogen-bond acceptors (Lipinski definition) is 3. The van der Waals surface area contributed by atoms with Gasteiger partial charge in [-0.15, -0.1) is 22.9 Å². The maximum absolute atomic E-state index is 5.94. The molecule has 3 aromatic rings. The van der Waals surface area contributed by atoms with E-state index in [1.54, 1.807) is 11.3 Å². The minimum absolute atomic E-state index is 0.425. The van der Waals surface area contributed by atoms with Gasteiger partial charge in [-0.1, -0.05) is 28.1 Å². The molecule has 20 heavy (non-hydrogen) atoms. The minimum Gasteiger partial charge on any atom is -0.486 e. The Morgan fingerprint density at radius 1 is 1.20 bits per heavy atom. The van der Waals surface area contributed by atoms with E-state index in [9.17, 15) is 0 Å². The van der Waals surface area contributed by atoms with Gasteiger partial charge >= 0.3 is 0 Å². The maximum Gasteiger partial charge on any atom is 0.140 e. The number of benzene rings is 2. The Labute approximate surface area is 134 Å². The molecule has 0 unspecified atom stereocenters. The van der Waals surface area contributed by atoms with Crippen molar-refractivity contribution < 1.29 is 4.74 Å². The average molecular weight is 369 g/mol. The summed E-state index contributed by atoms with van der Waals surface area (Å²) in [6.45, 7) is 0.463. The largest absolute Gasteiger partial charge is 0.486 e. The zero-order chi connectivity index (χ0) is 13.9. The van der Waals surface area contributed by atoms with Crippen LogP contribution in [0, 0.1) is 0 Å². The summed E-state index contributed by atoms with van der Waals surface area (Å²) < 4.78 is 8.02. The predicted molar refractivity (Wildman–Crippen MR) is 87.7 cm³/mol. The van der Waals surface area contributed by atoms with Crippen LogP contribution in [-0.4, -0.2) is 4.98 Å². The molecule has 0 aliphatic carbocycles. The van der Waals surface area contributed by atoms with Gasteiger partial charge in [-0.2, -0.15) is 0 Å². The molecule has 0 N–H and O–H groups in total. The Morgan fingerprint density at radius 3 is 2.85 bits per heavy atom. The quantitative estimate of drug-likeness (QED) is 0.577. The van der Waals surface area contributed by atoms with E-state index in [1.165, 1.54) is 4.70 Å². The Bertz CT molecular complexity index is 711. The molecule has 0 radical (unpaired) electrons. The zero-order valence-electron chi connectivity index (χ0n) is 10.5. The number of halogens is 2. The fourth-order valence-corrected chi connectivity index (χ4v) is 3.41. The summed E-state index contributed by atoms with van der Waals surface area (Å²) in [6.07, 6.45) is 0. The van der Waals surface area contributed by atoms with Gasteiger partial charge in [0.25, 0.3) is 0 Å². The SMILES string of the molecule is ClCc1cc(Br)ccc1OCc1nc2ccccc2s1. The number of thiazole rings is 1. The summed E-state index contributed by atoms with van der Waals surface area (Å²) >= 11 is 11.0. The lowest BCUT2D eigenvalue weighted by atomic mass is 10.2. The topological polar surface area (TPSA) is 22.1 Å². The van der Waals surface area contributed by atoms with Gasteiger partial charge in [0.1, 0.15) is 17.4 Å². The summed E-state index contributed by atoms with van der Waals surface area (Å²) in [4.78, 5) is 4.55. The Hall–Kier alpha value is -1.10. The molecule has 0 aliphatic heterocycles. The van der Waals surface area contributed by atoms with Crippen LogP contribution in [0.5, 0.6) is 5.75 Å². The van der Waals surface area contributed by atoms with Crippen LogP contribution in [0.2, 0.25) is 0 Å². The highest BCUT2D eigenvalue weighted by Crippen LogP contribution is 2.27. The Morgan fingerprint density at radius 2 is 2.05 bits per heavy atom. The number of rotatable bonds is 4. The predicted octanol–water partition coefficient (Wildman–Crippen LogP) is 5.38. The highest BCUT2D eigenvalue weighted by atomic mass is 79.9. The molecule has 0 amide bonds. The van der Waals surface area contributed by atoms with Crippen molar-refractivity contribution in [2.24, 2.45) is 0 Å². The molecule has 0 aliphatic rings. The molecule has 102 valence electrons. The normalized spacial score (nSPS) is 10.9. The zero-order valence-corrected chi connectivity index (χ0v) is 13.6. The summed E-state index contributed by atoms with van der Waals surface area (Å²) in [5.74, 6) is 1.23. The van der Waals surface area contributed by atoms with Crippen LogP contribution in [-0.2, 0) is 12.5 Å². The third-order valence-corrected chi connectivity index (χ3v) is 4.65. The van der Waals surface area contributed by atoms with E-state index in [0.29, 0.717) is 12.5 Å². The molecule has 0 spiro atoms. The van der Waals surface area contributed by atoms with E-state index in [1.807, 2.05) is 36.4 Å². The van der Waals surface area contributed by atoms with E-state index in [2.05, 4.69) is 27.0 Å². The van der Waals surface area contributed by atoms with Crippen molar-refractivity contribution in [3.63, 3.8) is 0 Å². The molecule has 3 rings (SSSR count). The van der Waals surface area contributed by atoms with Gasteiger partial charge in [-0.3, -0.25) is 0 Å². The Kier molecular flexibility index (Phi) is 4.24. The van der Waals surface area contributed by atoms with E-state index >= 15 is 0 Å². The van der Waals surface area contributed by atoms with Gasteiger partial charge < -0.3 is 4.74 Å². The first-order chi connectivity index (χ1) is 9.76. The van der Waals surface area contributed by atoms with Crippen molar-refractivity contribution in [3.05, 3.63) is 57.5 Å². The number of aromatic nitrogens is 1. The number of para-hydroxylation sites is 1. The summed E-state index contributed by atoms with van der Waals surface area (Å²) in [6, 6.07) is 13.9. The lowest BCUT2D eigenvalue weighted by Gasteiger charge is -2.08. The average Bonchev–Trinajstić information content (AvgIpc) is 2.88. The molecule has 0 bridgehead atoms. The van der Waals surface area contributed by atoms with Crippen molar-refractivity contribution in [1.29, 1.82) is 0 Å². The van der Waals surface area contributed by atoms with Gasteiger partial charge in [-0.25, -0.2) is 4.98 Å². The summed E-state index contributed by atoms with van der Waals surface area (Å²) in [5, 5.41) is 0.967. The van der Waals surface area contributed by atoms with Crippen LogP contribution in [0.3, 0.4) is 0 Å². The van der Waals surface area contributed by atoms with Crippen LogP contribution in [0.15, 0.2) is 46.9 Å². The van der Waals surface area contributed by atoms with Gasteiger partial charge in [0.15, 0.2) is 0 Å². The highest BCUT2D eigenvalue weighted by molar-refractivity contribution is 9.10.